The van der Waals surface area contributed by atoms with E-state index in [4.69, 9.17) is 9.47 Å². The molecular formula is C26H23N3O5S. The molecule has 9 heteroatoms. The van der Waals surface area contributed by atoms with Crippen LogP contribution in [0.15, 0.2) is 53.4 Å². The van der Waals surface area contributed by atoms with Crippen LogP contribution in [-0.4, -0.2) is 41.0 Å². The molecule has 1 aliphatic rings. The highest BCUT2D eigenvalue weighted by Gasteiger charge is 2.48. The Kier molecular flexibility index (Phi) is 5.56. The van der Waals surface area contributed by atoms with Gasteiger partial charge in [-0.3, -0.25) is 14.5 Å². The zero-order valence-corrected chi connectivity index (χ0v) is 20.4. The number of methoxy groups -OCH3 is 2. The van der Waals surface area contributed by atoms with Crippen molar-refractivity contribution in [2.24, 2.45) is 0 Å². The molecule has 178 valence electrons. The number of benzene rings is 2. The lowest BCUT2D eigenvalue weighted by Gasteiger charge is -2.21. The van der Waals surface area contributed by atoms with Gasteiger partial charge in [-0.2, -0.15) is 0 Å². The number of nitrogens with one attached hydrogen (secondary N) is 1. The number of hydrogen-bond acceptors (Lipinski definition) is 7. The van der Waals surface area contributed by atoms with Gasteiger partial charge >= 0.3 is 5.91 Å². The van der Waals surface area contributed by atoms with Crippen LogP contribution >= 0.6 is 11.3 Å². The highest BCUT2D eigenvalue weighted by molar-refractivity contribution is 7.10. The summed E-state index contributed by atoms with van der Waals surface area (Å²) in [5.41, 5.74) is 3.43. The number of rotatable bonds is 5. The molecule has 4 aromatic rings. The number of aliphatic hydroxyl groups excluding tert-OH is 1. The van der Waals surface area contributed by atoms with Crippen molar-refractivity contribution >= 4 is 45.8 Å². The zero-order valence-electron chi connectivity index (χ0n) is 19.6. The van der Waals surface area contributed by atoms with Crippen LogP contribution in [0.3, 0.4) is 0 Å². The van der Waals surface area contributed by atoms with Gasteiger partial charge in [-0.1, -0.05) is 23.8 Å². The molecular weight excluding hydrogens is 466 g/mol. The average Bonchev–Trinajstić information content (AvgIpc) is 3.57. The minimum atomic E-state index is -0.834. The van der Waals surface area contributed by atoms with Crippen molar-refractivity contribution in [1.82, 2.24) is 9.97 Å². The molecule has 35 heavy (non-hydrogen) atoms. The molecule has 0 saturated carbocycles. The summed E-state index contributed by atoms with van der Waals surface area (Å²) in [7, 11) is 3.06. The highest BCUT2D eigenvalue weighted by Crippen LogP contribution is 2.44. The second-order valence-electron chi connectivity index (χ2n) is 8.29. The van der Waals surface area contributed by atoms with Crippen molar-refractivity contribution in [3.63, 3.8) is 0 Å². The molecule has 1 saturated heterocycles. The van der Waals surface area contributed by atoms with Gasteiger partial charge in [-0.05, 0) is 36.9 Å². The van der Waals surface area contributed by atoms with Crippen LogP contribution in [-0.2, 0) is 9.59 Å². The van der Waals surface area contributed by atoms with Gasteiger partial charge in [0.2, 0.25) is 5.95 Å². The Morgan fingerprint density at radius 2 is 1.83 bits per heavy atom. The average molecular weight is 490 g/mol. The number of carbonyl (C=O) groups is 2. The van der Waals surface area contributed by atoms with Gasteiger partial charge in [0.15, 0.2) is 11.5 Å². The molecule has 1 amide bonds. The van der Waals surface area contributed by atoms with E-state index in [1.807, 2.05) is 49.6 Å². The van der Waals surface area contributed by atoms with Crippen LogP contribution in [0.25, 0.3) is 16.8 Å². The first-order valence-corrected chi connectivity index (χ1v) is 11.8. The zero-order chi connectivity index (χ0) is 24.9. The molecule has 8 nitrogen and oxygen atoms in total. The number of carbonyl (C=O) groups excluding carboxylic acids is 2. The molecule has 1 fully saturated rings. The third-order valence-electron chi connectivity index (χ3n) is 6.11. The van der Waals surface area contributed by atoms with E-state index in [0.717, 1.165) is 16.0 Å². The van der Waals surface area contributed by atoms with Crippen LogP contribution in [0.5, 0.6) is 11.5 Å². The fourth-order valence-corrected chi connectivity index (χ4v) is 5.16. The number of fused-ring (bicyclic) bond motifs is 1. The predicted octanol–water partition coefficient (Wildman–Crippen LogP) is 4.88. The number of ketones is 1. The second-order valence-corrected chi connectivity index (χ2v) is 9.27. The number of aromatic nitrogens is 2. The lowest BCUT2D eigenvalue weighted by molar-refractivity contribution is -0.132. The smallest absolute Gasteiger partial charge is 0.302 e. The summed E-state index contributed by atoms with van der Waals surface area (Å²) in [6.07, 6.45) is 0. The van der Waals surface area contributed by atoms with Crippen molar-refractivity contribution < 1.29 is 24.2 Å². The van der Waals surface area contributed by atoms with Crippen LogP contribution in [0, 0.1) is 13.8 Å². The summed E-state index contributed by atoms with van der Waals surface area (Å²) in [6, 6.07) is 11.9. The van der Waals surface area contributed by atoms with Gasteiger partial charge in [-0.25, -0.2) is 4.98 Å². The van der Waals surface area contributed by atoms with Crippen LogP contribution in [0.1, 0.15) is 27.6 Å². The summed E-state index contributed by atoms with van der Waals surface area (Å²) in [5.74, 6) is -0.557. The number of aromatic amines is 1. The molecule has 0 spiro atoms. The summed E-state index contributed by atoms with van der Waals surface area (Å²) in [4.78, 5) is 36.4. The number of amides is 1. The summed E-state index contributed by atoms with van der Waals surface area (Å²) < 4.78 is 10.7. The fourth-order valence-electron chi connectivity index (χ4n) is 4.34. The van der Waals surface area contributed by atoms with Gasteiger partial charge in [0, 0.05) is 22.6 Å². The Balaban J connectivity index is 1.72. The van der Waals surface area contributed by atoms with Gasteiger partial charge in [0.05, 0.1) is 30.8 Å². The second kappa shape index (κ2) is 8.59. The third-order valence-corrected chi connectivity index (χ3v) is 7.03. The maximum Gasteiger partial charge on any atom is 0.302 e. The van der Waals surface area contributed by atoms with Crippen LogP contribution in [0.4, 0.5) is 5.95 Å². The minimum absolute atomic E-state index is 0.0294. The summed E-state index contributed by atoms with van der Waals surface area (Å²) in [5, 5.41) is 13.2. The molecule has 2 aromatic heterocycles. The van der Waals surface area contributed by atoms with Crippen molar-refractivity contribution in [2.45, 2.75) is 19.9 Å². The van der Waals surface area contributed by atoms with Crippen molar-refractivity contribution in [1.29, 1.82) is 0 Å². The van der Waals surface area contributed by atoms with Crippen molar-refractivity contribution in [3.05, 3.63) is 75.0 Å². The molecule has 0 aliphatic carbocycles. The Labute approximate surface area is 205 Å². The normalized spacial score (nSPS) is 17.4. The number of nitrogens with zero attached hydrogens (tertiary/aromatic N) is 2. The van der Waals surface area contributed by atoms with E-state index in [9.17, 15) is 14.7 Å². The van der Waals surface area contributed by atoms with E-state index in [1.54, 1.807) is 12.1 Å². The molecule has 2 aromatic carbocycles. The number of H-pyrrole nitrogens is 1. The quantitative estimate of drug-likeness (QED) is 0.235. The number of hydrogen-bond donors (Lipinski definition) is 2. The molecule has 3 heterocycles. The predicted molar refractivity (Wildman–Crippen MR) is 134 cm³/mol. The van der Waals surface area contributed by atoms with Crippen LogP contribution in [0.2, 0.25) is 0 Å². The monoisotopic (exact) mass is 489 g/mol. The lowest BCUT2D eigenvalue weighted by Crippen LogP contribution is -2.30. The molecule has 1 aliphatic heterocycles. The van der Waals surface area contributed by atoms with E-state index < -0.39 is 17.7 Å². The highest BCUT2D eigenvalue weighted by atomic mass is 32.1. The number of imidazole rings is 1. The van der Waals surface area contributed by atoms with Gasteiger partial charge in [0.1, 0.15) is 11.8 Å². The fraction of sp³-hybridized carbons (Fsp3) is 0.192. The number of aryl methyl sites for hydroxylation is 2. The topological polar surface area (TPSA) is 105 Å². The minimum Gasteiger partial charge on any atom is -0.507 e. The first-order chi connectivity index (χ1) is 16.8. The van der Waals surface area contributed by atoms with Gasteiger partial charge in [-0.15, -0.1) is 11.3 Å². The van der Waals surface area contributed by atoms with E-state index in [1.165, 1.54) is 30.5 Å². The van der Waals surface area contributed by atoms with Crippen molar-refractivity contribution in [2.75, 3.05) is 19.1 Å². The lowest BCUT2D eigenvalue weighted by atomic mass is 9.96. The molecule has 0 radical (unpaired) electrons. The molecule has 1 atom stereocenters. The summed E-state index contributed by atoms with van der Waals surface area (Å²) >= 11 is 1.39. The molecule has 5 rings (SSSR count). The Bertz CT molecular complexity index is 1460. The maximum atomic E-state index is 13.4. The molecule has 1 unspecified atom stereocenters. The number of aliphatic hydroxyl groups is 1. The van der Waals surface area contributed by atoms with Crippen molar-refractivity contribution in [3.8, 4) is 11.5 Å². The number of Topliss-reactive ketones (excluding diaryl/α,β-unsaturated/α-hetero) is 1. The van der Waals surface area contributed by atoms with E-state index in [2.05, 4.69) is 9.97 Å². The number of anilines is 1. The first kappa shape index (κ1) is 22.7. The number of thiophene rings is 1. The van der Waals surface area contributed by atoms with Crippen LogP contribution < -0.4 is 14.4 Å². The van der Waals surface area contributed by atoms with Gasteiger partial charge in [0.25, 0.3) is 5.78 Å². The van der Waals surface area contributed by atoms with Gasteiger partial charge < -0.3 is 19.6 Å². The molecule has 2 N–H and O–H groups in total. The Hall–Kier alpha value is -4.11. The van der Waals surface area contributed by atoms with E-state index >= 15 is 0 Å². The Morgan fingerprint density at radius 3 is 2.51 bits per heavy atom. The summed E-state index contributed by atoms with van der Waals surface area (Å²) in [6.45, 7) is 3.76. The molecule has 0 bridgehead atoms. The van der Waals surface area contributed by atoms with E-state index in [-0.39, 0.29) is 17.3 Å². The maximum absolute atomic E-state index is 13.4. The Morgan fingerprint density at radius 1 is 1.09 bits per heavy atom. The first-order valence-electron chi connectivity index (χ1n) is 10.9. The standard InChI is InChI=1S/C26H23N3O5S/c1-13-7-8-14(2)15(10-13)23(30)21-22(20-6-5-9-35-20)29(25(32)24(21)31)26-27-16-11-18(33-3)19(34-4)12-17(16)28-26/h5-12,22,30H,1-4H3,(H,27,28)/b23-21+. The number of ether oxygens (including phenoxy) is 2. The third kappa shape index (κ3) is 3.64. The largest absolute Gasteiger partial charge is 0.507 e. The SMILES string of the molecule is COc1cc2nc(N3C(=O)C(=O)/C(=C(/O)c4cc(C)ccc4C)C3c3cccs3)[nH]c2cc1OC. The van der Waals surface area contributed by atoms with E-state index in [0.29, 0.717) is 28.1 Å².